The Kier molecular flexibility index (Phi) is 3.36. The molecule has 0 bridgehead atoms. The van der Waals surface area contributed by atoms with Crippen LogP contribution >= 0.6 is 0 Å². The van der Waals surface area contributed by atoms with Gasteiger partial charge < -0.3 is 0 Å². The first-order valence-electron chi connectivity index (χ1n) is 1.02. The molecule has 0 aromatic rings. The Morgan fingerprint density at radius 3 is 2.25 bits per heavy atom. The molecule has 0 unspecified atom stereocenters. The Labute approximate surface area is 32.2 Å². The SMILES string of the molecule is B[NH][Al]=[O]. The van der Waals surface area contributed by atoms with E-state index in [1.54, 1.807) is 7.98 Å². The van der Waals surface area contributed by atoms with E-state index in [0.29, 0.717) is 0 Å². The summed E-state index contributed by atoms with van der Waals surface area (Å²) in [4.78, 5) is 0. The molecule has 0 rings (SSSR count). The van der Waals surface area contributed by atoms with Gasteiger partial charge in [0.1, 0.15) is 0 Å². The normalized spacial score (nSPS) is 4.00. The second-order valence-corrected chi connectivity index (χ2v) is 1.22. The van der Waals surface area contributed by atoms with Gasteiger partial charge in [-0.2, -0.15) is 0 Å². The third kappa shape index (κ3) is 2.20. The van der Waals surface area contributed by atoms with Gasteiger partial charge in [-0.1, -0.05) is 0 Å². The predicted molar refractivity (Wildman–Crippen MR) is 18.1 cm³/mol. The van der Waals surface area contributed by atoms with Crippen molar-refractivity contribution in [2.75, 3.05) is 0 Å². The van der Waals surface area contributed by atoms with Crippen molar-refractivity contribution < 1.29 is 3.80 Å². The van der Waals surface area contributed by atoms with Crippen LogP contribution in [0, 0.1) is 0 Å². The van der Waals surface area contributed by atoms with Crippen LogP contribution in [0.25, 0.3) is 0 Å². The molecular formula is H3AlBNO. The third-order valence-corrected chi connectivity index (χ3v) is 0.354. The van der Waals surface area contributed by atoms with Gasteiger partial charge in [0.2, 0.25) is 0 Å². The summed E-state index contributed by atoms with van der Waals surface area (Å²) < 4.78 is 11.7. The van der Waals surface area contributed by atoms with Gasteiger partial charge in [-0.3, -0.25) is 0 Å². The molecule has 4 heteroatoms. The van der Waals surface area contributed by atoms with Crippen molar-refractivity contribution in [1.29, 1.82) is 0 Å². The van der Waals surface area contributed by atoms with E-state index in [9.17, 15) is 3.80 Å². The first-order chi connectivity index (χ1) is 1.91. The molecule has 0 heterocycles. The average molecular weight is 70.8 g/mol. The van der Waals surface area contributed by atoms with Crippen molar-refractivity contribution in [2.45, 2.75) is 0 Å². The van der Waals surface area contributed by atoms with E-state index in [-0.39, 0.29) is 0 Å². The van der Waals surface area contributed by atoms with Gasteiger partial charge in [0.05, 0.1) is 0 Å². The molecule has 0 radical (unpaired) electrons. The van der Waals surface area contributed by atoms with Gasteiger partial charge in [-0.15, -0.1) is 0 Å². The summed E-state index contributed by atoms with van der Waals surface area (Å²) in [6.07, 6.45) is 0. The van der Waals surface area contributed by atoms with E-state index < -0.39 is 15.4 Å². The van der Waals surface area contributed by atoms with E-state index in [1.807, 2.05) is 0 Å². The summed E-state index contributed by atoms with van der Waals surface area (Å²) in [6.45, 7) is 0. The minimum atomic E-state index is -0.718. The first-order valence-corrected chi connectivity index (χ1v) is 2.07. The van der Waals surface area contributed by atoms with Crippen molar-refractivity contribution in [3.8, 4) is 0 Å². The Balaban J connectivity index is 2.30. The van der Waals surface area contributed by atoms with E-state index in [2.05, 4.69) is 4.21 Å². The summed E-state index contributed by atoms with van der Waals surface area (Å²) in [5.74, 6) is 0. The van der Waals surface area contributed by atoms with Crippen molar-refractivity contribution >= 4 is 23.4 Å². The molecule has 0 aliphatic heterocycles. The maximum absolute atomic E-state index is 9.27. The summed E-state index contributed by atoms with van der Waals surface area (Å²) in [5.41, 5.74) is 0. The predicted octanol–water partition coefficient (Wildman–Crippen LogP) is -1.91. The molecule has 0 aromatic carbocycles. The Morgan fingerprint density at radius 1 is 2.00 bits per heavy atom. The summed E-state index contributed by atoms with van der Waals surface area (Å²) in [6, 6.07) is 0. The van der Waals surface area contributed by atoms with Crippen LogP contribution in [0.15, 0.2) is 0 Å². The summed E-state index contributed by atoms with van der Waals surface area (Å²) in [5, 5.41) is 0. The Bertz CT molecular complexity index is 22.0. The van der Waals surface area contributed by atoms with Gasteiger partial charge in [0.25, 0.3) is 0 Å². The molecule has 0 saturated carbocycles. The molecular weight excluding hydrogens is 67.8 g/mol. The van der Waals surface area contributed by atoms with Crippen LogP contribution in [-0.2, 0) is 3.80 Å². The maximum atomic E-state index is 9.27. The third-order valence-electron chi connectivity index (χ3n) is 0.118. The quantitative estimate of drug-likeness (QED) is 0.365. The molecule has 2 nitrogen and oxygen atoms in total. The average Bonchev–Trinajstić information content (AvgIpc) is 1.37. The number of hydrogen-bond donors (Lipinski definition) is 1. The monoisotopic (exact) mass is 71.0 g/mol. The Hall–Kier alpha value is 0.197. The van der Waals surface area contributed by atoms with E-state index in [1.165, 1.54) is 0 Å². The molecule has 20 valence electrons. The minimum absolute atomic E-state index is 0.718. The van der Waals surface area contributed by atoms with Crippen molar-refractivity contribution in [3.05, 3.63) is 0 Å². The zero-order valence-electron chi connectivity index (χ0n) is 2.49. The Morgan fingerprint density at radius 2 is 2.25 bits per heavy atom. The van der Waals surface area contributed by atoms with Gasteiger partial charge in [0.15, 0.2) is 0 Å². The molecule has 0 aromatic heterocycles. The van der Waals surface area contributed by atoms with Crippen molar-refractivity contribution in [3.63, 3.8) is 0 Å². The van der Waals surface area contributed by atoms with Crippen LogP contribution in [0.5, 0.6) is 0 Å². The fourth-order valence-electron chi connectivity index (χ4n) is 0. The second kappa shape index (κ2) is 3.20. The van der Waals surface area contributed by atoms with Crippen LogP contribution in [0.2, 0.25) is 0 Å². The molecule has 0 amide bonds. The molecule has 0 atom stereocenters. The van der Waals surface area contributed by atoms with E-state index >= 15 is 0 Å². The van der Waals surface area contributed by atoms with Crippen molar-refractivity contribution in [1.82, 2.24) is 4.21 Å². The number of rotatable bonds is 1. The van der Waals surface area contributed by atoms with Crippen LogP contribution in [0.1, 0.15) is 0 Å². The summed E-state index contributed by atoms with van der Waals surface area (Å²) >= 11 is -0.718. The summed E-state index contributed by atoms with van der Waals surface area (Å²) in [7, 11) is 1.66. The van der Waals surface area contributed by atoms with Crippen molar-refractivity contribution in [2.24, 2.45) is 0 Å². The number of nitrogens with one attached hydrogen (secondary N) is 1. The first kappa shape index (κ1) is 4.20. The zero-order chi connectivity index (χ0) is 3.41. The van der Waals surface area contributed by atoms with Gasteiger partial charge in [-0.25, -0.2) is 0 Å². The van der Waals surface area contributed by atoms with Crippen LogP contribution < -0.4 is 4.21 Å². The molecule has 0 aliphatic carbocycles. The fourth-order valence-corrected chi connectivity index (χ4v) is 0. The van der Waals surface area contributed by atoms with Gasteiger partial charge in [-0.05, 0) is 0 Å². The standard InChI is InChI=1S/Al.BH3N.O/c;1-2;/h;2H,1H2;/q+1;-1;. The second-order valence-electron chi connectivity index (χ2n) is 0.407. The molecule has 0 aliphatic rings. The van der Waals surface area contributed by atoms with Crippen LogP contribution in [0.4, 0.5) is 0 Å². The molecule has 4 heavy (non-hydrogen) atoms. The van der Waals surface area contributed by atoms with E-state index in [0.717, 1.165) is 0 Å². The molecule has 1 N–H and O–H groups in total. The zero-order valence-corrected chi connectivity index (χ0v) is 3.64. The molecule has 0 spiro atoms. The molecule has 0 fully saturated rings. The van der Waals surface area contributed by atoms with Gasteiger partial charge >= 0.3 is 31.4 Å². The van der Waals surface area contributed by atoms with E-state index in [4.69, 9.17) is 0 Å². The topological polar surface area (TPSA) is 29.1 Å². The van der Waals surface area contributed by atoms with Crippen LogP contribution in [-0.4, -0.2) is 23.4 Å². The molecule has 0 saturated heterocycles. The van der Waals surface area contributed by atoms with Gasteiger partial charge in [0, 0.05) is 0 Å². The van der Waals surface area contributed by atoms with Crippen LogP contribution in [0.3, 0.4) is 0 Å². The number of hydrogen-bond acceptors (Lipinski definition) is 1. The fraction of sp³-hybridized carbons (Fsp3) is 0.